The van der Waals surface area contributed by atoms with Crippen LogP contribution in [0.2, 0.25) is 0 Å². The van der Waals surface area contributed by atoms with Crippen molar-refractivity contribution in [3.8, 4) is 0 Å². The zero-order valence-electron chi connectivity index (χ0n) is 17.0. The molecule has 2 aromatic carbocycles. The van der Waals surface area contributed by atoms with E-state index in [1.165, 1.54) is 0 Å². The SMILES string of the molecule is CCC(=O)N(c1ccccc1)[C@H](C)C1CCCN(C[C@H](O)c2ccccc2)C1. The van der Waals surface area contributed by atoms with Gasteiger partial charge >= 0.3 is 0 Å². The molecular formula is C24H32N2O2. The maximum absolute atomic E-state index is 12.7. The quantitative estimate of drug-likeness (QED) is 0.780. The Kier molecular flexibility index (Phi) is 7.24. The summed E-state index contributed by atoms with van der Waals surface area (Å²) in [4.78, 5) is 17.0. The van der Waals surface area contributed by atoms with Gasteiger partial charge in [0.15, 0.2) is 0 Å². The number of aliphatic hydroxyl groups excluding tert-OH is 1. The molecule has 3 atom stereocenters. The van der Waals surface area contributed by atoms with Gasteiger partial charge in [0, 0.05) is 31.2 Å². The van der Waals surface area contributed by atoms with Gasteiger partial charge in [-0.25, -0.2) is 0 Å². The highest BCUT2D eigenvalue weighted by atomic mass is 16.3. The first-order valence-electron chi connectivity index (χ1n) is 10.4. The van der Waals surface area contributed by atoms with Crippen molar-refractivity contribution in [2.45, 2.75) is 45.3 Å². The summed E-state index contributed by atoms with van der Waals surface area (Å²) in [6.07, 6.45) is 2.24. The fraction of sp³-hybridized carbons (Fsp3) is 0.458. The third-order valence-corrected chi connectivity index (χ3v) is 5.85. The van der Waals surface area contributed by atoms with Crippen LogP contribution in [0.3, 0.4) is 0 Å². The Labute approximate surface area is 168 Å². The van der Waals surface area contributed by atoms with Crippen molar-refractivity contribution in [2.24, 2.45) is 5.92 Å². The third-order valence-electron chi connectivity index (χ3n) is 5.85. The normalized spacial score (nSPS) is 19.8. The number of hydrogen-bond donors (Lipinski definition) is 1. The van der Waals surface area contributed by atoms with Crippen LogP contribution in [-0.2, 0) is 4.79 Å². The first-order chi connectivity index (χ1) is 13.6. The van der Waals surface area contributed by atoms with Crippen LogP contribution in [0.4, 0.5) is 5.69 Å². The van der Waals surface area contributed by atoms with Gasteiger partial charge in [0.25, 0.3) is 0 Å². The second kappa shape index (κ2) is 9.85. The minimum absolute atomic E-state index is 0.131. The summed E-state index contributed by atoms with van der Waals surface area (Å²) < 4.78 is 0. The maximum Gasteiger partial charge on any atom is 0.226 e. The zero-order chi connectivity index (χ0) is 19.9. The minimum Gasteiger partial charge on any atom is -0.387 e. The summed E-state index contributed by atoms with van der Waals surface area (Å²) in [5, 5.41) is 10.6. The summed E-state index contributed by atoms with van der Waals surface area (Å²) >= 11 is 0. The molecule has 1 heterocycles. The van der Waals surface area contributed by atoms with Gasteiger partial charge < -0.3 is 14.9 Å². The monoisotopic (exact) mass is 380 g/mol. The first-order valence-corrected chi connectivity index (χ1v) is 10.4. The molecule has 0 saturated carbocycles. The largest absolute Gasteiger partial charge is 0.387 e. The number of nitrogens with zero attached hydrogens (tertiary/aromatic N) is 2. The Balaban J connectivity index is 1.68. The van der Waals surface area contributed by atoms with Crippen molar-refractivity contribution in [2.75, 3.05) is 24.5 Å². The van der Waals surface area contributed by atoms with Crippen LogP contribution in [-0.4, -0.2) is 41.6 Å². The van der Waals surface area contributed by atoms with Crippen molar-refractivity contribution in [1.29, 1.82) is 0 Å². The number of amides is 1. The molecule has 150 valence electrons. The van der Waals surface area contributed by atoms with E-state index < -0.39 is 6.10 Å². The first kappa shape index (κ1) is 20.6. The smallest absolute Gasteiger partial charge is 0.226 e. The molecule has 1 saturated heterocycles. The van der Waals surface area contributed by atoms with Crippen LogP contribution in [0, 0.1) is 5.92 Å². The molecule has 2 aromatic rings. The summed E-state index contributed by atoms with van der Waals surface area (Å²) in [5.41, 5.74) is 1.94. The summed E-state index contributed by atoms with van der Waals surface area (Å²) in [6.45, 7) is 6.64. The molecule has 1 aliphatic heterocycles. The van der Waals surface area contributed by atoms with Crippen LogP contribution in [0.25, 0.3) is 0 Å². The van der Waals surface area contributed by atoms with Gasteiger partial charge in [0.1, 0.15) is 0 Å². The lowest BCUT2D eigenvalue weighted by atomic mass is 9.89. The second-order valence-corrected chi connectivity index (χ2v) is 7.78. The minimum atomic E-state index is -0.474. The van der Waals surface area contributed by atoms with Crippen molar-refractivity contribution in [3.63, 3.8) is 0 Å². The number of benzene rings is 2. The van der Waals surface area contributed by atoms with E-state index in [-0.39, 0.29) is 11.9 Å². The molecule has 0 radical (unpaired) electrons. The van der Waals surface area contributed by atoms with Gasteiger partial charge in [0.2, 0.25) is 5.91 Å². The average Bonchev–Trinajstić information content (AvgIpc) is 2.75. The lowest BCUT2D eigenvalue weighted by molar-refractivity contribution is -0.119. The Morgan fingerprint density at radius 3 is 2.43 bits per heavy atom. The van der Waals surface area contributed by atoms with E-state index in [4.69, 9.17) is 0 Å². The topological polar surface area (TPSA) is 43.8 Å². The third kappa shape index (κ3) is 5.00. The van der Waals surface area contributed by atoms with Crippen molar-refractivity contribution in [1.82, 2.24) is 4.90 Å². The van der Waals surface area contributed by atoms with Gasteiger partial charge in [0.05, 0.1) is 6.10 Å². The van der Waals surface area contributed by atoms with E-state index in [2.05, 4.69) is 11.8 Å². The van der Waals surface area contributed by atoms with Crippen LogP contribution < -0.4 is 4.90 Å². The average molecular weight is 381 g/mol. The van der Waals surface area contributed by atoms with Gasteiger partial charge in [-0.1, -0.05) is 55.5 Å². The Bertz CT molecular complexity index is 735. The number of likely N-dealkylation sites (tertiary alicyclic amines) is 1. The second-order valence-electron chi connectivity index (χ2n) is 7.78. The molecule has 1 fully saturated rings. The van der Waals surface area contributed by atoms with Gasteiger partial charge in [-0.2, -0.15) is 0 Å². The molecule has 0 aliphatic carbocycles. The zero-order valence-corrected chi connectivity index (χ0v) is 17.0. The summed E-state index contributed by atoms with van der Waals surface area (Å²) in [6, 6.07) is 20.0. The number of rotatable bonds is 7. The van der Waals surface area contributed by atoms with Crippen LogP contribution >= 0.6 is 0 Å². The highest BCUT2D eigenvalue weighted by molar-refractivity contribution is 5.93. The molecule has 1 N–H and O–H groups in total. The van der Waals surface area contributed by atoms with Crippen molar-refractivity contribution >= 4 is 11.6 Å². The Hall–Kier alpha value is -2.17. The number of aliphatic hydroxyl groups is 1. The van der Waals surface area contributed by atoms with E-state index >= 15 is 0 Å². The van der Waals surface area contributed by atoms with E-state index in [9.17, 15) is 9.90 Å². The number of carbonyl (C=O) groups is 1. The van der Waals surface area contributed by atoms with Crippen molar-refractivity contribution < 1.29 is 9.90 Å². The number of β-amino-alcohol motifs (C(OH)–C–C–N with tert-alkyl or cyclic N) is 1. The van der Waals surface area contributed by atoms with Crippen LogP contribution in [0.15, 0.2) is 60.7 Å². The van der Waals surface area contributed by atoms with Gasteiger partial charge in [-0.3, -0.25) is 4.79 Å². The molecular weight excluding hydrogens is 348 g/mol. The Morgan fingerprint density at radius 2 is 1.79 bits per heavy atom. The molecule has 3 rings (SSSR count). The number of piperidine rings is 1. The summed E-state index contributed by atoms with van der Waals surface area (Å²) in [5.74, 6) is 0.563. The molecule has 1 amide bonds. The molecule has 1 aliphatic rings. The molecule has 0 spiro atoms. The van der Waals surface area contributed by atoms with Crippen LogP contribution in [0.1, 0.15) is 44.8 Å². The molecule has 4 heteroatoms. The number of carbonyl (C=O) groups excluding carboxylic acids is 1. The Morgan fingerprint density at radius 1 is 1.14 bits per heavy atom. The lowest BCUT2D eigenvalue weighted by Gasteiger charge is -2.41. The molecule has 4 nitrogen and oxygen atoms in total. The fourth-order valence-corrected chi connectivity index (χ4v) is 4.25. The van der Waals surface area contributed by atoms with Gasteiger partial charge in [-0.05, 0) is 49.9 Å². The van der Waals surface area contributed by atoms with E-state index in [0.29, 0.717) is 18.9 Å². The van der Waals surface area contributed by atoms with Crippen molar-refractivity contribution in [3.05, 3.63) is 66.2 Å². The molecule has 0 aromatic heterocycles. The highest BCUT2D eigenvalue weighted by Crippen LogP contribution is 2.28. The molecule has 28 heavy (non-hydrogen) atoms. The van der Waals surface area contributed by atoms with Crippen LogP contribution in [0.5, 0.6) is 0 Å². The molecule has 0 bridgehead atoms. The van der Waals surface area contributed by atoms with E-state index in [0.717, 1.165) is 37.2 Å². The fourth-order valence-electron chi connectivity index (χ4n) is 4.25. The predicted molar refractivity (Wildman–Crippen MR) is 114 cm³/mol. The lowest BCUT2D eigenvalue weighted by Crippen LogP contribution is -2.49. The highest BCUT2D eigenvalue weighted by Gasteiger charge is 2.31. The maximum atomic E-state index is 12.7. The number of hydrogen-bond acceptors (Lipinski definition) is 3. The number of anilines is 1. The predicted octanol–water partition coefficient (Wildman–Crippen LogP) is 4.26. The van der Waals surface area contributed by atoms with E-state index in [1.54, 1.807) is 0 Å². The number of para-hydroxylation sites is 1. The van der Waals surface area contributed by atoms with Gasteiger partial charge in [-0.15, -0.1) is 0 Å². The van der Waals surface area contributed by atoms with E-state index in [1.807, 2.05) is 72.5 Å². The standard InChI is InChI=1S/C24H32N2O2/c1-3-24(28)26(22-14-8-5-9-15-22)19(2)21-13-10-16-25(17-21)18-23(27)20-11-6-4-7-12-20/h4-9,11-12,14-15,19,21,23,27H,3,10,13,16-18H2,1-2H3/t19-,21?,23+/m1/s1. The molecule has 1 unspecified atom stereocenters. The summed E-state index contributed by atoms with van der Waals surface area (Å²) in [7, 11) is 0.